The molecule has 0 fully saturated rings. The van der Waals surface area contributed by atoms with Gasteiger partial charge in [-0.15, -0.1) is 0 Å². The molecule has 0 unspecified atom stereocenters. The Morgan fingerprint density at radius 2 is 2.10 bits per heavy atom. The second-order valence-corrected chi connectivity index (χ2v) is 5.42. The zero-order valence-electron chi connectivity index (χ0n) is 11.7. The third-order valence-electron chi connectivity index (χ3n) is 4.05. The van der Waals surface area contributed by atoms with E-state index < -0.39 is 0 Å². The summed E-state index contributed by atoms with van der Waals surface area (Å²) in [5.41, 5.74) is 9.70. The molecule has 0 atom stereocenters. The Balaban J connectivity index is 1.58. The van der Waals surface area contributed by atoms with Crippen LogP contribution in [0.3, 0.4) is 0 Å². The Bertz CT molecular complexity index is 807. The van der Waals surface area contributed by atoms with Crippen LogP contribution >= 0.6 is 0 Å². The standard InChI is InChI=1S/C17H17N3O/c18-17-14-3-1-2-4-15(14)20(19-17)9-7-12-5-6-16-13(11-12)8-10-21-16/h1-6,11H,7-10H2,(H2,18,19). The number of hydrogen-bond donors (Lipinski definition) is 1. The first kappa shape index (κ1) is 12.3. The third kappa shape index (κ3) is 2.13. The molecular formula is C17H17N3O. The quantitative estimate of drug-likeness (QED) is 0.802. The Morgan fingerprint density at radius 1 is 1.19 bits per heavy atom. The summed E-state index contributed by atoms with van der Waals surface area (Å²) in [5, 5.41) is 5.47. The van der Waals surface area contributed by atoms with Gasteiger partial charge in [-0.3, -0.25) is 4.68 Å². The van der Waals surface area contributed by atoms with Crippen LogP contribution in [0.5, 0.6) is 5.75 Å². The lowest BCUT2D eigenvalue weighted by molar-refractivity contribution is 0.357. The number of ether oxygens (including phenoxy) is 1. The van der Waals surface area contributed by atoms with Crippen molar-refractivity contribution >= 4 is 16.7 Å². The number of hydrogen-bond acceptors (Lipinski definition) is 3. The predicted octanol–water partition coefficient (Wildman–Crippen LogP) is 2.80. The van der Waals surface area contributed by atoms with Crippen molar-refractivity contribution in [1.29, 1.82) is 0 Å². The zero-order chi connectivity index (χ0) is 14.2. The van der Waals surface area contributed by atoms with Gasteiger partial charge in [-0.05, 0) is 35.7 Å². The van der Waals surface area contributed by atoms with Crippen LogP contribution in [0.1, 0.15) is 11.1 Å². The Kier molecular flexibility index (Phi) is 2.81. The van der Waals surface area contributed by atoms with Crippen molar-refractivity contribution in [3.63, 3.8) is 0 Å². The monoisotopic (exact) mass is 279 g/mol. The highest BCUT2D eigenvalue weighted by atomic mass is 16.5. The number of aryl methyl sites for hydroxylation is 2. The molecule has 1 aliphatic heterocycles. The summed E-state index contributed by atoms with van der Waals surface area (Å²) >= 11 is 0. The lowest BCUT2D eigenvalue weighted by atomic mass is 10.1. The van der Waals surface area contributed by atoms with Crippen molar-refractivity contribution < 1.29 is 4.74 Å². The number of nitrogens with two attached hydrogens (primary N) is 1. The number of nitrogens with zero attached hydrogens (tertiary/aromatic N) is 2. The SMILES string of the molecule is Nc1nn(CCc2ccc3c(c2)CCO3)c2ccccc12. The fraction of sp³-hybridized carbons (Fsp3) is 0.235. The van der Waals surface area contributed by atoms with Crippen molar-refractivity contribution in [2.24, 2.45) is 0 Å². The van der Waals surface area contributed by atoms with Crippen molar-refractivity contribution in [3.05, 3.63) is 53.6 Å². The second-order valence-electron chi connectivity index (χ2n) is 5.42. The van der Waals surface area contributed by atoms with E-state index >= 15 is 0 Å². The summed E-state index contributed by atoms with van der Waals surface area (Å²) in [7, 11) is 0. The number of rotatable bonds is 3. The molecule has 0 aliphatic carbocycles. The topological polar surface area (TPSA) is 53.1 Å². The molecule has 21 heavy (non-hydrogen) atoms. The van der Waals surface area contributed by atoms with Crippen molar-refractivity contribution in [2.45, 2.75) is 19.4 Å². The van der Waals surface area contributed by atoms with Gasteiger partial charge in [0.25, 0.3) is 0 Å². The van der Waals surface area contributed by atoms with E-state index in [0.29, 0.717) is 5.82 Å². The first-order valence-corrected chi connectivity index (χ1v) is 7.27. The van der Waals surface area contributed by atoms with Crippen LogP contribution in [0.4, 0.5) is 5.82 Å². The summed E-state index contributed by atoms with van der Waals surface area (Å²) in [4.78, 5) is 0. The summed E-state index contributed by atoms with van der Waals surface area (Å²) in [5.74, 6) is 1.64. The number of fused-ring (bicyclic) bond motifs is 2. The van der Waals surface area contributed by atoms with Gasteiger partial charge in [0.1, 0.15) is 5.75 Å². The Labute approximate surface area is 123 Å². The third-order valence-corrected chi connectivity index (χ3v) is 4.05. The van der Waals surface area contributed by atoms with Gasteiger partial charge < -0.3 is 10.5 Å². The molecule has 3 aromatic rings. The maximum absolute atomic E-state index is 5.97. The first-order chi connectivity index (χ1) is 10.3. The summed E-state index contributed by atoms with van der Waals surface area (Å²) in [6, 6.07) is 14.6. The van der Waals surface area contributed by atoms with Crippen LogP contribution in [0.15, 0.2) is 42.5 Å². The highest BCUT2D eigenvalue weighted by Crippen LogP contribution is 2.26. The van der Waals surface area contributed by atoms with Crippen LogP contribution in [0, 0.1) is 0 Å². The molecule has 0 radical (unpaired) electrons. The molecule has 4 rings (SSSR count). The van der Waals surface area contributed by atoms with Gasteiger partial charge in [0.05, 0.1) is 12.1 Å². The van der Waals surface area contributed by atoms with Gasteiger partial charge in [0.15, 0.2) is 5.82 Å². The van der Waals surface area contributed by atoms with Crippen LogP contribution in [-0.2, 0) is 19.4 Å². The number of anilines is 1. The van der Waals surface area contributed by atoms with E-state index in [1.807, 2.05) is 22.9 Å². The molecule has 0 amide bonds. The smallest absolute Gasteiger partial charge is 0.153 e. The number of aromatic nitrogens is 2. The van der Waals surface area contributed by atoms with E-state index in [1.165, 1.54) is 11.1 Å². The molecule has 4 nitrogen and oxygen atoms in total. The van der Waals surface area contributed by atoms with Crippen molar-refractivity contribution in [2.75, 3.05) is 12.3 Å². The summed E-state index contributed by atoms with van der Waals surface area (Å²) in [6.45, 7) is 1.64. The lowest BCUT2D eigenvalue weighted by Crippen LogP contribution is -2.04. The van der Waals surface area contributed by atoms with Gasteiger partial charge in [-0.25, -0.2) is 0 Å². The normalized spacial score (nSPS) is 13.3. The molecule has 4 heteroatoms. The average Bonchev–Trinajstić information content (AvgIpc) is 3.10. The molecule has 0 spiro atoms. The highest BCUT2D eigenvalue weighted by molar-refractivity contribution is 5.88. The van der Waals surface area contributed by atoms with Gasteiger partial charge in [0.2, 0.25) is 0 Å². The molecule has 0 saturated heterocycles. The minimum absolute atomic E-state index is 0.605. The predicted molar refractivity (Wildman–Crippen MR) is 83.5 cm³/mol. The van der Waals surface area contributed by atoms with Crippen LogP contribution < -0.4 is 10.5 Å². The molecule has 1 aromatic heterocycles. The fourth-order valence-corrected chi connectivity index (χ4v) is 2.95. The van der Waals surface area contributed by atoms with Crippen molar-refractivity contribution in [3.8, 4) is 5.75 Å². The second kappa shape index (κ2) is 4.81. The first-order valence-electron chi connectivity index (χ1n) is 7.27. The Morgan fingerprint density at radius 3 is 3.05 bits per heavy atom. The van der Waals surface area contributed by atoms with E-state index in [1.54, 1.807) is 0 Å². The highest BCUT2D eigenvalue weighted by Gasteiger charge is 2.12. The minimum atomic E-state index is 0.605. The zero-order valence-corrected chi connectivity index (χ0v) is 11.7. The number of nitrogen functional groups attached to an aromatic ring is 1. The molecule has 106 valence electrons. The number of para-hydroxylation sites is 1. The van der Waals surface area contributed by atoms with E-state index in [9.17, 15) is 0 Å². The maximum atomic E-state index is 5.97. The Hall–Kier alpha value is -2.49. The molecule has 2 aromatic carbocycles. The molecule has 2 heterocycles. The summed E-state index contributed by atoms with van der Waals surface area (Å²) < 4.78 is 7.54. The van der Waals surface area contributed by atoms with Crippen molar-refractivity contribution in [1.82, 2.24) is 9.78 Å². The minimum Gasteiger partial charge on any atom is -0.493 e. The van der Waals surface area contributed by atoms with Crippen LogP contribution in [0.25, 0.3) is 10.9 Å². The molecule has 0 bridgehead atoms. The molecule has 1 aliphatic rings. The van der Waals surface area contributed by atoms with Gasteiger partial charge in [0, 0.05) is 18.4 Å². The van der Waals surface area contributed by atoms with Gasteiger partial charge in [-0.1, -0.05) is 24.3 Å². The van der Waals surface area contributed by atoms with E-state index in [4.69, 9.17) is 10.5 Å². The van der Waals surface area contributed by atoms with Crippen LogP contribution in [-0.4, -0.2) is 16.4 Å². The maximum Gasteiger partial charge on any atom is 0.153 e. The molecule has 2 N–H and O–H groups in total. The lowest BCUT2D eigenvalue weighted by Gasteiger charge is -2.06. The largest absolute Gasteiger partial charge is 0.493 e. The van der Waals surface area contributed by atoms with Gasteiger partial charge >= 0.3 is 0 Å². The van der Waals surface area contributed by atoms with E-state index in [2.05, 4.69) is 29.4 Å². The molecule has 0 saturated carbocycles. The average molecular weight is 279 g/mol. The van der Waals surface area contributed by atoms with Crippen LogP contribution in [0.2, 0.25) is 0 Å². The fourth-order valence-electron chi connectivity index (χ4n) is 2.95. The van der Waals surface area contributed by atoms with E-state index in [-0.39, 0.29) is 0 Å². The molecular weight excluding hydrogens is 262 g/mol. The summed E-state index contributed by atoms with van der Waals surface area (Å²) in [6.07, 6.45) is 1.96. The number of benzene rings is 2. The van der Waals surface area contributed by atoms with E-state index in [0.717, 1.165) is 42.6 Å². The van der Waals surface area contributed by atoms with Gasteiger partial charge in [-0.2, -0.15) is 5.10 Å².